The molecule has 0 spiro atoms. The Bertz CT molecular complexity index is 1550. The number of carboxylic acids is 3. The number of nitrogens with one attached hydrogen (secondary N) is 6. The Morgan fingerprint density at radius 2 is 1.16 bits per heavy atom. The summed E-state index contributed by atoms with van der Waals surface area (Å²) in [4.78, 5) is 140. The van der Waals surface area contributed by atoms with Gasteiger partial charge < -0.3 is 57.2 Å². The molecule has 0 radical (unpaired) electrons. The molecular formula is C36H57N7O15. The highest BCUT2D eigenvalue weighted by molar-refractivity contribution is 6.38. The van der Waals surface area contributed by atoms with Crippen LogP contribution in [0.4, 0.5) is 0 Å². The molecule has 0 bridgehead atoms. The smallest absolute Gasteiger partial charge is 0.328 e. The number of aliphatic hydroxyl groups excluding tert-OH is 1. The highest BCUT2D eigenvalue weighted by atomic mass is 16.4. The average Bonchev–Trinajstić information content (AvgIpc) is 3.63. The molecule has 22 nitrogen and oxygen atoms in total. The monoisotopic (exact) mass is 827 g/mol. The van der Waals surface area contributed by atoms with Crippen LogP contribution >= 0.6 is 0 Å². The molecule has 1 aliphatic heterocycles. The molecule has 1 rings (SSSR count). The summed E-state index contributed by atoms with van der Waals surface area (Å²) < 4.78 is 0. The van der Waals surface area contributed by atoms with Crippen LogP contribution in [0.15, 0.2) is 0 Å². The summed E-state index contributed by atoms with van der Waals surface area (Å²) in [5.74, 6) is -12.8. The molecule has 0 aliphatic carbocycles. The zero-order chi connectivity index (χ0) is 44.4. The molecule has 1 aliphatic rings. The molecule has 10 N–H and O–H groups in total. The van der Waals surface area contributed by atoms with Gasteiger partial charge in [-0.3, -0.25) is 47.9 Å². The first-order chi connectivity index (χ1) is 27.0. The minimum Gasteiger partial charge on any atom is -0.481 e. The molecule has 1 fully saturated rings. The van der Waals surface area contributed by atoms with Crippen LogP contribution < -0.4 is 31.9 Å². The first-order valence-electron chi connectivity index (χ1n) is 19.0. The quantitative estimate of drug-likeness (QED) is 0.0422. The van der Waals surface area contributed by atoms with Crippen molar-refractivity contribution in [1.29, 1.82) is 0 Å². The second-order valence-corrected chi connectivity index (χ2v) is 14.6. The fourth-order valence-corrected chi connectivity index (χ4v) is 6.02. The minimum absolute atomic E-state index is 0.00996. The van der Waals surface area contributed by atoms with E-state index in [0.717, 1.165) is 6.92 Å². The molecular weight excluding hydrogens is 770 g/mol. The first-order valence-corrected chi connectivity index (χ1v) is 19.0. The maximum atomic E-state index is 14.0. The van der Waals surface area contributed by atoms with Crippen LogP contribution in [0.3, 0.4) is 0 Å². The maximum absolute atomic E-state index is 14.0. The molecule has 22 heteroatoms. The largest absolute Gasteiger partial charge is 0.481 e. The Kier molecular flexibility index (Phi) is 21.0. The van der Waals surface area contributed by atoms with Gasteiger partial charge in [0.2, 0.25) is 41.2 Å². The Morgan fingerprint density at radius 3 is 1.62 bits per heavy atom. The zero-order valence-corrected chi connectivity index (χ0v) is 33.5. The first kappa shape index (κ1) is 50.3. The van der Waals surface area contributed by atoms with Crippen molar-refractivity contribution >= 4 is 65.0 Å². The minimum atomic E-state index is -1.76. The molecule has 7 amide bonds. The molecule has 0 saturated carbocycles. The Morgan fingerprint density at radius 1 is 0.638 bits per heavy atom. The molecule has 1 saturated heterocycles. The van der Waals surface area contributed by atoms with E-state index in [0.29, 0.717) is 12.8 Å². The number of ketones is 1. The van der Waals surface area contributed by atoms with Gasteiger partial charge in [-0.1, -0.05) is 41.0 Å². The summed E-state index contributed by atoms with van der Waals surface area (Å²) in [5, 5.41) is 50.8. The van der Waals surface area contributed by atoms with Crippen molar-refractivity contribution in [2.45, 2.75) is 135 Å². The number of rotatable bonds is 25. The number of amides is 7. The molecule has 0 aromatic heterocycles. The second kappa shape index (κ2) is 24.2. The van der Waals surface area contributed by atoms with E-state index in [1.54, 1.807) is 34.6 Å². The topological polar surface area (TPSA) is 344 Å². The van der Waals surface area contributed by atoms with Crippen molar-refractivity contribution in [3.8, 4) is 0 Å². The highest BCUT2D eigenvalue weighted by Crippen LogP contribution is 2.21. The van der Waals surface area contributed by atoms with Crippen LogP contribution in [0.2, 0.25) is 0 Å². The van der Waals surface area contributed by atoms with Crippen LogP contribution in [-0.4, -0.2) is 146 Å². The predicted molar refractivity (Wildman–Crippen MR) is 200 cm³/mol. The van der Waals surface area contributed by atoms with Crippen molar-refractivity contribution in [2.24, 2.45) is 11.8 Å². The normalized spacial score (nSPS) is 16.8. The maximum Gasteiger partial charge on any atom is 0.328 e. The van der Waals surface area contributed by atoms with Gasteiger partial charge in [0.25, 0.3) is 5.91 Å². The molecule has 326 valence electrons. The van der Waals surface area contributed by atoms with Crippen LogP contribution in [0, 0.1) is 11.8 Å². The van der Waals surface area contributed by atoms with Crippen LogP contribution in [-0.2, 0) is 52.7 Å². The molecule has 0 aromatic rings. The van der Waals surface area contributed by atoms with E-state index >= 15 is 0 Å². The molecule has 7 atom stereocenters. The summed E-state index contributed by atoms with van der Waals surface area (Å²) in [6.45, 7) is 8.24. The van der Waals surface area contributed by atoms with Gasteiger partial charge in [0.1, 0.15) is 30.2 Å². The molecule has 1 heterocycles. The second-order valence-electron chi connectivity index (χ2n) is 14.6. The summed E-state index contributed by atoms with van der Waals surface area (Å²) in [6.07, 6.45) is -1.06. The lowest BCUT2D eigenvalue weighted by Gasteiger charge is -2.33. The van der Waals surface area contributed by atoms with Gasteiger partial charge in [0.05, 0.1) is 12.6 Å². The number of Topliss-reactive ketones (excluding diaryl/α,β-unsaturated/α-hetero) is 1. The Labute approximate surface area is 335 Å². The third-order valence-corrected chi connectivity index (χ3v) is 9.16. The summed E-state index contributed by atoms with van der Waals surface area (Å²) in [7, 11) is 0. The third kappa shape index (κ3) is 16.1. The lowest BCUT2D eigenvalue weighted by Crippen LogP contribution is -2.61. The van der Waals surface area contributed by atoms with E-state index in [2.05, 4.69) is 26.6 Å². The highest BCUT2D eigenvalue weighted by Gasteiger charge is 2.41. The standard InChI is InChI=1S/C36H57N7O15/c1-7-9-20(29(50)34(55)40-23(16-44)36(57)58)38-32(53)24-10-8-15-43(24)35(56)28(18(4)5)42-33(54)27(17(2)3)41-31(52)22(12-14-26(48)49)39-30(51)21(37-19(6)45)11-13-25(46)47/h17-18,20-24,27-28,44H,7-16H2,1-6H3,(H,37,45)(H,38,53)(H,39,51)(H,40,55)(H,41,52)(H,42,54)(H,46,47)(H,48,49)(H,57,58). The number of carboxylic acid groups (broad SMARTS) is 3. The fraction of sp³-hybridized carbons (Fsp3) is 0.694. The van der Waals surface area contributed by atoms with E-state index < -0.39 is 145 Å². The summed E-state index contributed by atoms with van der Waals surface area (Å²) in [6, 6.07) is -9.79. The third-order valence-electron chi connectivity index (χ3n) is 9.16. The number of aliphatic hydroxyl groups is 1. The summed E-state index contributed by atoms with van der Waals surface area (Å²) in [5.41, 5.74) is 0. The van der Waals surface area contributed by atoms with E-state index in [4.69, 9.17) is 10.2 Å². The molecule has 0 aromatic carbocycles. The van der Waals surface area contributed by atoms with Crippen molar-refractivity contribution in [2.75, 3.05) is 13.2 Å². The van der Waals surface area contributed by atoms with Crippen molar-refractivity contribution < 1.29 is 73.2 Å². The van der Waals surface area contributed by atoms with Gasteiger partial charge in [-0.2, -0.15) is 0 Å². The van der Waals surface area contributed by atoms with Crippen LogP contribution in [0.1, 0.15) is 92.9 Å². The van der Waals surface area contributed by atoms with Gasteiger partial charge >= 0.3 is 17.9 Å². The van der Waals surface area contributed by atoms with Crippen LogP contribution in [0.25, 0.3) is 0 Å². The van der Waals surface area contributed by atoms with Crippen LogP contribution in [0.5, 0.6) is 0 Å². The Hall–Kier alpha value is -5.67. The average molecular weight is 828 g/mol. The summed E-state index contributed by atoms with van der Waals surface area (Å²) >= 11 is 0. The number of likely N-dealkylation sites (tertiary alicyclic amines) is 1. The van der Waals surface area contributed by atoms with Crippen molar-refractivity contribution in [3.63, 3.8) is 0 Å². The van der Waals surface area contributed by atoms with E-state index in [1.165, 1.54) is 4.90 Å². The van der Waals surface area contributed by atoms with Crippen molar-refractivity contribution in [3.05, 3.63) is 0 Å². The number of hydrogen-bond acceptors (Lipinski definition) is 12. The molecule has 58 heavy (non-hydrogen) atoms. The number of carbonyl (C=O) groups excluding carboxylic acids is 8. The van der Waals surface area contributed by atoms with Gasteiger partial charge in [0.15, 0.2) is 6.04 Å². The van der Waals surface area contributed by atoms with E-state index in [9.17, 15) is 63.0 Å². The van der Waals surface area contributed by atoms with Crippen molar-refractivity contribution in [1.82, 2.24) is 36.8 Å². The van der Waals surface area contributed by atoms with Gasteiger partial charge in [-0.15, -0.1) is 0 Å². The Balaban J connectivity index is 3.24. The fourth-order valence-electron chi connectivity index (χ4n) is 6.02. The van der Waals surface area contributed by atoms with E-state index in [-0.39, 0.29) is 25.8 Å². The number of carbonyl (C=O) groups is 11. The van der Waals surface area contributed by atoms with Gasteiger partial charge in [-0.05, 0) is 43.9 Å². The molecule has 7 unspecified atom stereocenters. The number of hydrogen-bond donors (Lipinski definition) is 10. The van der Waals surface area contributed by atoms with Gasteiger partial charge in [-0.25, -0.2) is 4.79 Å². The number of aliphatic carboxylic acids is 3. The van der Waals surface area contributed by atoms with E-state index in [1.807, 2.05) is 5.32 Å². The number of nitrogens with zero attached hydrogens (tertiary/aromatic N) is 1. The SMILES string of the molecule is CCCC(NC(=O)C1CCCN1C(=O)C(NC(=O)C(NC(=O)C(CCC(=O)O)NC(=O)C(CCC(=O)O)NC(C)=O)C(C)C)C(C)C)C(=O)C(=O)NC(CO)C(=O)O. The lowest BCUT2D eigenvalue weighted by atomic mass is 9.98. The van der Waals surface area contributed by atoms with Gasteiger partial charge in [0, 0.05) is 26.3 Å². The predicted octanol–water partition coefficient (Wildman–Crippen LogP) is -2.61. The lowest BCUT2D eigenvalue weighted by molar-refractivity contribution is -0.146. The zero-order valence-electron chi connectivity index (χ0n) is 33.5.